The number of halogens is 1. The first kappa shape index (κ1) is 11.1. The third kappa shape index (κ3) is 1.44. The SMILES string of the molecule is Cc1c(Cl)ccc2c3c(n(C)c12)C(C)CNC3. The largest absolute Gasteiger partial charge is 0.347 e. The average molecular weight is 249 g/mol. The molecule has 90 valence electrons. The molecule has 1 aromatic carbocycles. The average Bonchev–Trinajstić information content (AvgIpc) is 2.59. The number of hydrogen-bond donors (Lipinski definition) is 1. The monoisotopic (exact) mass is 248 g/mol. The molecule has 0 fully saturated rings. The fraction of sp³-hybridized carbons (Fsp3) is 0.429. The summed E-state index contributed by atoms with van der Waals surface area (Å²) in [7, 11) is 2.16. The minimum Gasteiger partial charge on any atom is -0.347 e. The molecule has 3 rings (SSSR count). The number of rotatable bonds is 0. The molecule has 3 heteroatoms. The lowest BCUT2D eigenvalue weighted by Gasteiger charge is -2.22. The van der Waals surface area contributed by atoms with Crippen molar-refractivity contribution in [3.63, 3.8) is 0 Å². The minimum atomic E-state index is 0.564. The lowest BCUT2D eigenvalue weighted by Crippen LogP contribution is -2.27. The third-order valence-electron chi connectivity index (χ3n) is 3.92. The first-order chi connectivity index (χ1) is 8.11. The quantitative estimate of drug-likeness (QED) is 0.757. The van der Waals surface area contributed by atoms with Gasteiger partial charge in [0.15, 0.2) is 0 Å². The van der Waals surface area contributed by atoms with Crippen LogP contribution in [0.5, 0.6) is 0 Å². The van der Waals surface area contributed by atoms with Crippen LogP contribution in [0, 0.1) is 6.92 Å². The van der Waals surface area contributed by atoms with E-state index < -0.39 is 0 Å². The number of fused-ring (bicyclic) bond motifs is 3. The van der Waals surface area contributed by atoms with Gasteiger partial charge < -0.3 is 9.88 Å². The fourth-order valence-electron chi connectivity index (χ4n) is 3.14. The minimum absolute atomic E-state index is 0.564. The molecule has 2 aromatic rings. The molecule has 1 atom stereocenters. The van der Waals surface area contributed by atoms with Gasteiger partial charge in [-0.2, -0.15) is 0 Å². The van der Waals surface area contributed by atoms with Gasteiger partial charge in [-0.15, -0.1) is 0 Å². The fourth-order valence-corrected chi connectivity index (χ4v) is 3.29. The zero-order chi connectivity index (χ0) is 12.2. The Kier molecular flexibility index (Phi) is 2.46. The van der Waals surface area contributed by atoms with Crippen LogP contribution in [0.4, 0.5) is 0 Å². The summed E-state index contributed by atoms with van der Waals surface area (Å²) in [5.74, 6) is 0.564. The predicted molar refractivity (Wildman–Crippen MR) is 72.8 cm³/mol. The first-order valence-corrected chi connectivity index (χ1v) is 6.46. The van der Waals surface area contributed by atoms with Gasteiger partial charge in [0, 0.05) is 42.2 Å². The molecule has 1 aromatic heterocycles. The Bertz CT molecular complexity index is 598. The van der Waals surface area contributed by atoms with E-state index in [1.165, 1.54) is 27.7 Å². The highest BCUT2D eigenvalue weighted by molar-refractivity contribution is 6.32. The van der Waals surface area contributed by atoms with E-state index in [9.17, 15) is 0 Å². The highest BCUT2D eigenvalue weighted by Crippen LogP contribution is 2.36. The van der Waals surface area contributed by atoms with Gasteiger partial charge in [-0.05, 0) is 24.1 Å². The molecule has 0 saturated carbocycles. The molecule has 17 heavy (non-hydrogen) atoms. The van der Waals surface area contributed by atoms with Crippen molar-refractivity contribution in [3.8, 4) is 0 Å². The molecule has 0 saturated heterocycles. The molecule has 0 bridgehead atoms. The second-order valence-electron chi connectivity index (χ2n) is 5.02. The Morgan fingerprint density at radius 3 is 2.94 bits per heavy atom. The molecular weight excluding hydrogens is 232 g/mol. The van der Waals surface area contributed by atoms with Crippen molar-refractivity contribution < 1.29 is 0 Å². The van der Waals surface area contributed by atoms with Crippen LogP contribution < -0.4 is 5.32 Å². The van der Waals surface area contributed by atoms with Crippen molar-refractivity contribution in [1.82, 2.24) is 9.88 Å². The maximum absolute atomic E-state index is 6.23. The number of nitrogens with zero attached hydrogens (tertiary/aromatic N) is 1. The van der Waals surface area contributed by atoms with Crippen molar-refractivity contribution in [2.45, 2.75) is 26.3 Å². The van der Waals surface area contributed by atoms with Gasteiger partial charge in [-0.25, -0.2) is 0 Å². The maximum Gasteiger partial charge on any atom is 0.0528 e. The van der Waals surface area contributed by atoms with Gasteiger partial charge in [0.1, 0.15) is 0 Å². The summed E-state index contributed by atoms with van der Waals surface area (Å²) in [5, 5.41) is 5.69. The van der Waals surface area contributed by atoms with E-state index in [0.717, 1.165) is 18.1 Å². The summed E-state index contributed by atoms with van der Waals surface area (Å²) in [4.78, 5) is 0. The van der Waals surface area contributed by atoms with Crippen molar-refractivity contribution in [2.75, 3.05) is 6.54 Å². The summed E-state index contributed by atoms with van der Waals surface area (Å²) < 4.78 is 2.33. The molecule has 1 aliphatic heterocycles. The van der Waals surface area contributed by atoms with Gasteiger partial charge in [0.05, 0.1) is 5.52 Å². The number of nitrogens with one attached hydrogen (secondary N) is 1. The molecule has 0 aliphatic carbocycles. The van der Waals surface area contributed by atoms with Crippen molar-refractivity contribution in [1.29, 1.82) is 0 Å². The van der Waals surface area contributed by atoms with Crippen LogP contribution in [0.2, 0.25) is 5.02 Å². The number of aromatic nitrogens is 1. The van der Waals surface area contributed by atoms with Crippen LogP contribution in [0.15, 0.2) is 12.1 Å². The zero-order valence-corrected chi connectivity index (χ0v) is 11.2. The van der Waals surface area contributed by atoms with E-state index >= 15 is 0 Å². The summed E-state index contributed by atoms with van der Waals surface area (Å²) in [5.41, 5.74) is 5.39. The van der Waals surface area contributed by atoms with E-state index in [1.54, 1.807) is 0 Å². The van der Waals surface area contributed by atoms with Crippen LogP contribution in [-0.4, -0.2) is 11.1 Å². The van der Waals surface area contributed by atoms with E-state index in [2.05, 4.69) is 36.8 Å². The van der Waals surface area contributed by atoms with Crippen molar-refractivity contribution in [3.05, 3.63) is 34.0 Å². The summed E-state index contributed by atoms with van der Waals surface area (Å²) in [6, 6.07) is 4.17. The lowest BCUT2D eigenvalue weighted by molar-refractivity contribution is 0.548. The summed E-state index contributed by atoms with van der Waals surface area (Å²) in [6.45, 7) is 6.41. The van der Waals surface area contributed by atoms with E-state index in [1.807, 2.05) is 6.07 Å². The van der Waals surface area contributed by atoms with Gasteiger partial charge in [0.2, 0.25) is 0 Å². The standard InChI is InChI=1S/C14H17ClN2/c1-8-6-16-7-11-10-4-5-12(15)9(2)14(10)17(3)13(8)11/h4-5,8,16H,6-7H2,1-3H3. The zero-order valence-electron chi connectivity index (χ0n) is 10.5. The van der Waals surface area contributed by atoms with Crippen LogP contribution >= 0.6 is 11.6 Å². The molecule has 0 spiro atoms. The molecule has 0 radical (unpaired) electrons. The first-order valence-electron chi connectivity index (χ1n) is 6.08. The van der Waals surface area contributed by atoms with Crippen LogP contribution in [-0.2, 0) is 13.6 Å². The number of hydrogen-bond acceptors (Lipinski definition) is 1. The van der Waals surface area contributed by atoms with Gasteiger partial charge in [-0.1, -0.05) is 24.6 Å². The van der Waals surface area contributed by atoms with Gasteiger partial charge >= 0.3 is 0 Å². The van der Waals surface area contributed by atoms with Gasteiger partial charge in [0.25, 0.3) is 0 Å². The molecule has 2 nitrogen and oxygen atoms in total. The Labute approximate surface area is 107 Å². The molecule has 1 aliphatic rings. The normalized spacial score (nSPS) is 19.6. The highest BCUT2D eigenvalue weighted by atomic mass is 35.5. The second kappa shape index (κ2) is 3.76. The third-order valence-corrected chi connectivity index (χ3v) is 4.32. The van der Waals surface area contributed by atoms with Crippen LogP contribution in [0.3, 0.4) is 0 Å². The molecular formula is C14H17ClN2. The lowest BCUT2D eigenvalue weighted by atomic mass is 9.98. The Hall–Kier alpha value is -0.990. The Balaban J connectivity index is 2.44. The molecule has 1 N–H and O–H groups in total. The molecule has 1 unspecified atom stereocenters. The van der Waals surface area contributed by atoms with Crippen LogP contribution in [0.1, 0.15) is 29.7 Å². The van der Waals surface area contributed by atoms with E-state index in [-0.39, 0.29) is 0 Å². The highest BCUT2D eigenvalue weighted by Gasteiger charge is 2.24. The van der Waals surface area contributed by atoms with Crippen LogP contribution in [0.25, 0.3) is 10.9 Å². The maximum atomic E-state index is 6.23. The predicted octanol–water partition coefficient (Wildman–Crippen LogP) is 3.35. The smallest absolute Gasteiger partial charge is 0.0528 e. The number of aryl methyl sites for hydroxylation is 2. The molecule has 0 amide bonds. The van der Waals surface area contributed by atoms with E-state index in [4.69, 9.17) is 11.6 Å². The van der Waals surface area contributed by atoms with E-state index in [0.29, 0.717) is 5.92 Å². The Morgan fingerprint density at radius 2 is 2.18 bits per heavy atom. The summed E-state index contributed by atoms with van der Waals surface area (Å²) in [6.07, 6.45) is 0. The second-order valence-corrected chi connectivity index (χ2v) is 5.43. The molecule has 2 heterocycles. The van der Waals surface area contributed by atoms with Crippen molar-refractivity contribution >= 4 is 22.5 Å². The van der Waals surface area contributed by atoms with Gasteiger partial charge in [-0.3, -0.25) is 0 Å². The number of benzene rings is 1. The Morgan fingerprint density at radius 1 is 1.41 bits per heavy atom. The topological polar surface area (TPSA) is 17.0 Å². The van der Waals surface area contributed by atoms with Crippen molar-refractivity contribution in [2.24, 2.45) is 7.05 Å². The summed E-state index contributed by atoms with van der Waals surface area (Å²) >= 11 is 6.23.